The smallest absolute Gasteiger partial charge is 0.136 e. The van der Waals surface area contributed by atoms with Crippen molar-refractivity contribution in [2.45, 2.75) is 12.3 Å². The van der Waals surface area contributed by atoms with Crippen LogP contribution >= 0.6 is 11.3 Å². The number of furan rings is 1. The molecule has 11 aromatic rings. The molecule has 2 aromatic heterocycles. The Morgan fingerprint density at radius 1 is 0.500 bits per heavy atom. The van der Waals surface area contributed by atoms with Crippen LogP contribution in [0.3, 0.4) is 0 Å². The van der Waals surface area contributed by atoms with Gasteiger partial charge in [-0.15, -0.1) is 11.3 Å². The zero-order valence-electron chi connectivity index (χ0n) is 29.3. The summed E-state index contributed by atoms with van der Waals surface area (Å²) < 4.78 is 9.21. The lowest BCUT2D eigenvalue weighted by atomic mass is 9.83. The monoisotopic (exact) mass is 704 g/mol. The number of fused-ring (bicyclic) bond motifs is 12. The van der Waals surface area contributed by atoms with Crippen LogP contribution in [-0.4, -0.2) is 0 Å². The largest absolute Gasteiger partial charge is 0.456 e. The molecule has 1 aliphatic rings. The topological polar surface area (TPSA) is 13.1 Å². The third-order valence-electron chi connectivity index (χ3n) is 11.8. The number of hydrogen-bond acceptors (Lipinski definition) is 2. The van der Waals surface area contributed by atoms with Gasteiger partial charge in [0.15, 0.2) is 0 Å². The standard InChI is InChI=1S/C52H32OS/c1-2-15-35-31(11-1)12-10-21-37(35)50-40-19-5-3-17-38(40)49(39-18-4-6-20-41(39)50)34-14-9-13-32(29-34)33-23-27-46-45(30-33)51-42-24-25-43-36-16-7-8-22-48(36)54-52(43)44(42)26-28-47(51)53-46/h1-22,24-30,33H,23H2. The summed E-state index contributed by atoms with van der Waals surface area (Å²) in [6.45, 7) is 0. The van der Waals surface area contributed by atoms with Crippen molar-refractivity contribution in [3.63, 3.8) is 0 Å². The fraction of sp³-hybridized carbons (Fsp3) is 0.0385. The second-order valence-electron chi connectivity index (χ2n) is 14.7. The molecular formula is C52H32OS. The van der Waals surface area contributed by atoms with E-state index in [0.717, 1.165) is 17.4 Å². The Balaban J connectivity index is 1.05. The van der Waals surface area contributed by atoms with Gasteiger partial charge in [0.25, 0.3) is 0 Å². The van der Waals surface area contributed by atoms with Crippen molar-refractivity contribution in [2.24, 2.45) is 0 Å². The molecule has 0 saturated heterocycles. The van der Waals surface area contributed by atoms with E-state index in [1.807, 2.05) is 11.3 Å². The molecule has 0 radical (unpaired) electrons. The van der Waals surface area contributed by atoms with Gasteiger partial charge in [0.2, 0.25) is 0 Å². The molecule has 0 aliphatic heterocycles. The Morgan fingerprint density at radius 3 is 1.94 bits per heavy atom. The Kier molecular flexibility index (Phi) is 6.40. The average Bonchev–Trinajstić information content (AvgIpc) is 3.81. The highest BCUT2D eigenvalue weighted by Crippen LogP contribution is 2.46. The Labute approximate surface area is 315 Å². The molecule has 2 heteroatoms. The third kappa shape index (κ3) is 4.32. The van der Waals surface area contributed by atoms with E-state index >= 15 is 0 Å². The van der Waals surface area contributed by atoms with E-state index in [9.17, 15) is 0 Å². The molecule has 0 spiro atoms. The summed E-state index contributed by atoms with van der Waals surface area (Å²) >= 11 is 1.89. The van der Waals surface area contributed by atoms with Crippen LogP contribution in [0.2, 0.25) is 0 Å². The van der Waals surface area contributed by atoms with E-state index < -0.39 is 0 Å². The van der Waals surface area contributed by atoms with E-state index in [1.54, 1.807) is 0 Å². The summed E-state index contributed by atoms with van der Waals surface area (Å²) in [6.07, 6.45) is 5.67. The predicted molar refractivity (Wildman–Crippen MR) is 232 cm³/mol. The van der Waals surface area contributed by atoms with Crippen LogP contribution in [0.15, 0.2) is 168 Å². The molecule has 1 nitrogen and oxygen atoms in total. The van der Waals surface area contributed by atoms with Crippen molar-refractivity contribution >= 4 is 97.7 Å². The molecule has 0 amide bonds. The van der Waals surface area contributed by atoms with Gasteiger partial charge in [-0.3, -0.25) is 0 Å². The van der Waals surface area contributed by atoms with Crippen molar-refractivity contribution in [3.8, 4) is 22.3 Å². The quantitative estimate of drug-likeness (QED) is 0.167. The van der Waals surface area contributed by atoms with Crippen LogP contribution in [-0.2, 0) is 0 Å². The SMILES string of the molecule is C1=c2oc3ccc4c(ccc5c6ccccc6sc54)c3c2=CC(c2cccc(-c3c4ccccc4c(-c4cccc5ccccc45)c4ccccc34)c2)C1. The lowest BCUT2D eigenvalue weighted by Gasteiger charge is -2.20. The van der Waals surface area contributed by atoms with E-state index in [4.69, 9.17) is 4.42 Å². The van der Waals surface area contributed by atoms with Gasteiger partial charge in [-0.05, 0) is 96.2 Å². The zero-order chi connectivity index (χ0) is 35.3. The molecule has 0 saturated carbocycles. The summed E-state index contributed by atoms with van der Waals surface area (Å²) in [5.41, 5.74) is 8.38. The maximum absolute atomic E-state index is 6.53. The van der Waals surface area contributed by atoms with Gasteiger partial charge in [0.05, 0.1) is 0 Å². The van der Waals surface area contributed by atoms with Gasteiger partial charge in [-0.1, -0.05) is 152 Å². The van der Waals surface area contributed by atoms with Crippen molar-refractivity contribution in [3.05, 3.63) is 180 Å². The average molecular weight is 705 g/mol. The van der Waals surface area contributed by atoms with Gasteiger partial charge >= 0.3 is 0 Å². The molecule has 1 atom stereocenters. The van der Waals surface area contributed by atoms with Gasteiger partial charge < -0.3 is 4.42 Å². The Morgan fingerprint density at radius 2 is 1.13 bits per heavy atom. The summed E-state index contributed by atoms with van der Waals surface area (Å²) in [5.74, 6) is 0.231. The number of thiophene rings is 1. The summed E-state index contributed by atoms with van der Waals surface area (Å²) in [6, 6.07) is 60.5. The molecule has 1 aliphatic carbocycles. The number of rotatable bonds is 3. The minimum atomic E-state index is 0.231. The van der Waals surface area contributed by atoms with Crippen molar-refractivity contribution in [1.82, 2.24) is 0 Å². The molecule has 252 valence electrons. The van der Waals surface area contributed by atoms with Gasteiger partial charge in [-0.25, -0.2) is 0 Å². The normalized spacial score (nSPS) is 14.3. The van der Waals surface area contributed by atoms with Crippen LogP contribution in [0.5, 0.6) is 0 Å². The zero-order valence-corrected chi connectivity index (χ0v) is 30.2. The molecule has 2 heterocycles. The first-order valence-corrected chi connectivity index (χ1v) is 19.6. The molecule has 9 aromatic carbocycles. The van der Waals surface area contributed by atoms with E-state index in [1.165, 1.54) is 102 Å². The van der Waals surface area contributed by atoms with E-state index in [-0.39, 0.29) is 5.92 Å². The second-order valence-corrected chi connectivity index (χ2v) is 15.7. The molecule has 0 bridgehead atoms. The van der Waals surface area contributed by atoms with Gasteiger partial charge in [-0.2, -0.15) is 0 Å². The third-order valence-corrected chi connectivity index (χ3v) is 13.0. The highest BCUT2D eigenvalue weighted by Gasteiger charge is 2.21. The lowest BCUT2D eigenvalue weighted by Crippen LogP contribution is -2.25. The first-order valence-electron chi connectivity index (χ1n) is 18.8. The van der Waals surface area contributed by atoms with Crippen molar-refractivity contribution < 1.29 is 4.42 Å². The molecule has 0 fully saturated rings. The molecular weight excluding hydrogens is 673 g/mol. The van der Waals surface area contributed by atoms with Crippen LogP contribution < -0.4 is 10.6 Å². The first kappa shape index (κ1) is 30.0. The maximum Gasteiger partial charge on any atom is 0.136 e. The van der Waals surface area contributed by atoms with Crippen LogP contribution in [0.4, 0.5) is 0 Å². The Hall–Kier alpha value is -6.48. The fourth-order valence-electron chi connectivity index (χ4n) is 9.38. The van der Waals surface area contributed by atoms with Crippen LogP contribution in [0.25, 0.3) is 109 Å². The summed E-state index contributed by atoms with van der Waals surface area (Å²) in [4.78, 5) is 0. The molecule has 54 heavy (non-hydrogen) atoms. The van der Waals surface area contributed by atoms with Crippen LogP contribution in [0, 0.1) is 0 Å². The Bertz CT molecular complexity index is 3430. The summed E-state index contributed by atoms with van der Waals surface area (Å²) in [7, 11) is 0. The number of hydrogen-bond donors (Lipinski definition) is 0. The van der Waals surface area contributed by atoms with Crippen molar-refractivity contribution in [2.75, 3.05) is 0 Å². The van der Waals surface area contributed by atoms with E-state index in [2.05, 4.69) is 176 Å². The number of benzene rings is 9. The van der Waals surface area contributed by atoms with Crippen LogP contribution in [0.1, 0.15) is 17.9 Å². The van der Waals surface area contributed by atoms with Gasteiger partial charge in [0, 0.05) is 42.1 Å². The highest BCUT2D eigenvalue weighted by atomic mass is 32.1. The fourth-order valence-corrected chi connectivity index (χ4v) is 10.6. The molecule has 1 unspecified atom stereocenters. The van der Waals surface area contributed by atoms with E-state index in [0.29, 0.717) is 0 Å². The second kappa shape index (κ2) is 11.5. The molecule has 12 rings (SSSR count). The predicted octanol–water partition coefficient (Wildman–Crippen LogP) is 13.5. The highest BCUT2D eigenvalue weighted by molar-refractivity contribution is 7.26. The minimum Gasteiger partial charge on any atom is -0.456 e. The van der Waals surface area contributed by atoms with Crippen molar-refractivity contribution in [1.29, 1.82) is 0 Å². The first-order chi connectivity index (χ1) is 26.8. The molecule has 0 N–H and O–H groups in total. The summed E-state index contributed by atoms with van der Waals surface area (Å²) in [5, 5.41) is 15.3. The van der Waals surface area contributed by atoms with Gasteiger partial charge in [0.1, 0.15) is 11.0 Å². The minimum absolute atomic E-state index is 0.231. The lowest BCUT2D eigenvalue weighted by molar-refractivity contribution is 0.570. The maximum atomic E-state index is 6.53.